The number of benzene rings is 2. The van der Waals surface area contributed by atoms with Crippen molar-refractivity contribution in [1.29, 1.82) is 4.78 Å². The van der Waals surface area contributed by atoms with Gasteiger partial charge >= 0.3 is 0 Å². The summed E-state index contributed by atoms with van der Waals surface area (Å²) in [5.41, 5.74) is 2.98. The van der Waals surface area contributed by atoms with Crippen LogP contribution in [-0.4, -0.2) is 19.8 Å². The van der Waals surface area contributed by atoms with Crippen LogP contribution in [0.25, 0.3) is 5.57 Å². The Morgan fingerprint density at radius 2 is 1.75 bits per heavy atom. The van der Waals surface area contributed by atoms with Gasteiger partial charge in [-0.2, -0.15) is 0 Å². The predicted octanol–water partition coefficient (Wildman–Crippen LogP) is 6.31. The molecule has 0 spiro atoms. The first-order chi connectivity index (χ1) is 17.2. The zero-order valence-corrected chi connectivity index (χ0v) is 22.6. The van der Waals surface area contributed by atoms with Gasteiger partial charge in [0.2, 0.25) is 5.91 Å². The van der Waals surface area contributed by atoms with E-state index in [0.717, 1.165) is 23.3 Å². The highest BCUT2D eigenvalue weighted by Crippen LogP contribution is 2.39. The number of halogens is 3. The van der Waals surface area contributed by atoms with Crippen LogP contribution in [0.3, 0.4) is 0 Å². The molecule has 0 saturated heterocycles. The molecular formula is C27H27F2IN2O3S. The van der Waals surface area contributed by atoms with Gasteiger partial charge in [-0.1, -0.05) is 64.6 Å². The van der Waals surface area contributed by atoms with Crippen LogP contribution in [0.1, 0.15) is 49.7 Å². The largest absolute Gasteiger partial charge is 0.293 e. The first-order valence-electron chi connectivity index (χ1n) is 11.8. The van der Waals surface area contributed by atoms with Crippen LogP contribution in [0.5, 0.6) is 0 Å². The van der Waals surface area contributed by atoms with Crippen molar-refractivity contribution in [1.82, 2.24) is 5.32 Å². The van der Waals surface area contributed by atoms with Crippen molar-refractivity contribution < 1.29 is 22.6 Å². The molecule has 190 valence electrons. The van der Waals surface area contributed by atoms with E-state index in [1.807, 2.05) is 36.4 Å². The van der Waals surface area contributed by atoms with Crippen molar-refractivity contribution >= 4 is 49.7 Å². The van der Waals surface area contributed by atoms with E-state index in [9.17, 15) is 22.6 Å². The van der Waals surface area contributed by atoms with E-state index < -0.39 is 21.4 Å². The summed E-state index contributed by atoms with van der Waals surface area (Å²) in [5, 5.41) is 2.50. The van der Waals surface area contributed by atoms with E-state index in [2.05, 4.69) is 5.32 Å². The number of imide groups is 1. The third kappa shape index (κ3) is 5.94. The van der Waals surface area contributed by atoms with Crippen molar-refractivity contribution in [2.45, 2.75) is 49.8 Å². The molecule has 0 bridgehead atoms. The molecule has 1 aliphatic heterocycles. The van der Waals surface area contributed by atoms with Gasteiger partial charge in [-0.25, -0.2) is 17.8 Å². The van der Waals surface area contributed by atoms with Gasteiger partial charge in [0.15, 0.2) is 0 Å². The van der Waals surface area contributed by atoms with Crippen LogP contribution >= 0.6 is 22.6 Å². The lowest BCUT2D eigenvalue weighted by Gasteiger charge is -2.28. The van der Waals surface area contributed by atoms with Gasteiger partial charge in [-0.05, 0) is 61.3 Å². The van der Waals surface area contributed by atoms with Crippen LogP contribution in [0, 0.1) is 22.3 Å². The quantitative estimate of drug-likeness (QED) is 0.224. The summed E-state index contributed by atoms with van der Waals surface area (Å²) >= 11 is 1.78. The fraction of sp³-hybridized carbons (Fsp3) is 0.333. The Balaban J connectivity index is 1.65. The maximum Gasteiger partial charge on any atom is 0.254 e. The predicted molar refractivity (Wildman–Crippen MR) is 144 cm³/mol. The summed E-state index contributed by atoms with van der Waals surface area (Å²) < 4.78 is 49.9. The number of carbonyl (C=O) groups excluding carboxylic acids is 2. The summed E-state index contributed by atoms with van der Waals surface area (Å²) in [6, 6.07) is 11.6. The number of carbonyl (C=O) groups is 2. The zero-order chi connectivity index (χ0) is 25.9. The van der Waals surface area contributed by atoms with Crippen molar-refractivity contribution in [3.05, 3.63) is 82.4 Å². The molecular weight excluding hydrogens is 597 g/mol. The Morgan fingerprint density at radius 1 is 1.06 bits per heavy atom. The molecule has 2 aliphatic rings. The first-order valence-corrected chi connectivity index (χ1v) is 15.1. The van der Waals surface area contributed by atoms with Crippen molar-refractivity contribution in [2.75, 3.05) is 3.76 Å². The summed E-state index contributed by atoms with van der Waals surface area (Å²) in [5.74, 6) is -2.23. The number of nitrogens with one attached hydrogen (secondary N) is 2. The third-order valence-corrected chi connectivity index (χ3v) is 10.7. The van der Waals surface area contributed by atoms with E-state index in [-0.39, 0.29) is 38.4 Å². The van der Waals surface area contributed by atoms with Crippen molar-refractivity contribution in [3.63, 3.8) is 0 Å². The highest BCUT2D eigenvalue weighted by atomic mass is 127. The number of hydrogen-bond donors (Lipinski definition) is 2. The van der Waals surface area contributed by atoms with Crippen LogP contribution in [0.4, 0.5) is 8.78 Å². The standard InChI is InChI=1S/C27H27F2IN2O3S/c28-23-14-20(36(31,35)16-30)15-24(29)26(23)19-11-9-18(10-12-19)21-7-4-8-25(33)32-27(34)22(21)13-17-5-2-1-3-6-17/h1-3,5-6,11,14-15,18,31H,4,7-10,12-13,16H2,(H,32,33,34). The summed E-state index contributed by atoms with van der Waals surface area (Å²) in [6.45, 7) is 0. The highest BCUT2D eigenvalue weighted by molar-refractivity contribution is 14.1. The molecule has 0 aromatic heterocycles. The zero-order valence-electron chi connectivity index (χ0n) is 19.6. The molecule has 4 rings (SSSR count). The second kappa shape index (κ2) is 11.3. The van der Waals surface area contributed by atoms with Gasteiger partial charge in [-0.15, -0.1) is 0 Å². The minimum Gasteiger partial charge on any atom is -0.293 e. The van der Waals surface area contributed by atoms with Crippen LogP contribution in [-0.2, 0) is 25.7 Å². The van der Waals surface area contributed by atoms with E-state index in [1.54, 1.807) is 22.6 Å². The van der Waals surface area contributed by atoms with E-state index in [4.69, 9.17) is 4.78 Å². The van der Waals surface area contributed by atoms with Crippen LogP contribution in [0.15, 0.2) is 64.6 Å². The number of rotatable bonds is 6. The van der Waals surface area contributed by atoms with Crippen LogP contribution in [0.2, 0.25) is 0 Å². The Labute approximate surface area is 223 Å². The molecule has 2 amide bonds. The van der Waals surface area contributed by atoms with E-state index >= 15 is 0 Å². The lowest BCUT2D eigenvalue weighted by atomic mass is 9.77. The van der Waals surface area contributed by atoms with E-state index in [0.29, 0.717) is 49.7 Å². The Hall–Kier alpha value is -2.40. The van der Waals surface area contributed by atoms with Gasteiger partial charge in [0.05, 0.1) is 18.4 Å². The fourth-order valence-corrected chi connectivity index (χ4v) is 6.73. The molecule has 1 heterocycles. The lowest BCUT2D eigenvalue weighted by molar-refractivity contribution is -0.128. The second-order valence-electron chi connectivity index (χ2n) is 9.14. The molecule has 0 saturated carbocycles. The highest BCUT2D eigenvalue weighted by Gasteiger charge is 2.29. The van der Waals surface area contributed by atoms with Gasteiger partial charge in [0.25, 0.3) is 5.91 Å². The Bertz CT molecular complexity index is 1330. The fourth-order valence-electron chi connectivity index (χ4n) is 4.93. The van der Waals surface area contributed by atoms with Crippen molar-refractivity contribution in [2.24, 2.45) is 5.92 Å². The summed E-state index contributed by atoms with van der Waals surface area (Å²) in [7, 11) is -3.24. The lowest BCUT2D eigenvalue weighted by Crippen LogP contribution is -2.35. The minimum absolute atomic E-state index is 0.0304. The maximum absolute atomic E-state index is 14.9. The molecule has 9 heteroatoms. The second-order valence-corrected chi connectivity index (χ2v) is 13.1. The van der Waals surface area contributed by atoms with E-state index in [1.165, 1.54) is 0 Å². The normalized spacial score (nSPS) is 20.8. The summed E-state index contributed by atoms with van der Waals surface area (Å²) in [6.07, 6.45) is 5.33. The van der Waals surface area contributed by atoms with Crippen LogP contribution < -0.4 is 5.32 Å². The van der Waals surface area contributed by atoms with Gasteiger partial charge in [0.1, 0.15) is 11.6 Å². The molecule has 0 fully saturated rings. The molecule has 0 radical (unpaired) electrons. The molecule has 36 heavy (non-hydrogen) atoms. The molecule has 2 atom stereocenters. The number of hydrogen-bond acceptors (Lipinski definition) is 4. The number of alkyl halides is 1. The maximum atomic E-state index is 14.9. The average molecular weight is 624 g/mol. The van der Waals surface area contributed by atoms with Gasteiger partial charge < -0.3 is 0 Å². The molecule has 5 nitrogen and oxygen atoms in total. The first kappa shape index (κ1) is 26.7. The molecule has 2 unspecified atom stereocenters. The monoisotopic (exact) mass is 624 g/mol. The third-order valence-electron chi connectivity index (χ3n) is 6.76. The SMILES string of the molecule is N=S(=O)(CI)c1cc(F)c(C2=CCC(C3=C(Cc4ccccc4)C(=O)NC(=O)CCC3)CC2)c(F)c1. The van der Waals surface area contributed by atoms with Gasteiger partial charge in [0, 0.05) is 24.0 Å². The number of amides is 2. The van der Waals surface area contributed by atoms with Crippen molar-refractivity contribution in [3.8, 4) is 0 Å². The topological polar surface area (TPSA) is 87.1 Å². The molecule has 2 aromatic rings. The molecule has 1 aliphatic carbocycles. The number of allylic oxidation sites excluding steroid dienone is 3. The minimum atomic E-state index is -3.24. The summed E-state index contributed by atoms with van der Waals surface area (Å²) in [4.78, 5) is 24.9. The average Bonchev–Trinajstić information content (AvgIpc) is 2.85. The molecule has 2 aromatic carbocycles. The molecule has 2 N–H and O–H groups in total. The Morgan fingerprint density at radius 3 is 2.36 bits per heavy atom. The van der Waals surface area contributed by atoms with Gasteiger partial charge in [-0.3, -0.25) is 14.9 Å². The Kier molecular flexibility index (Phi) is 8.39. The smallest absolute Gasteiger partial charge is 0.254 e.